The minimum absolute atomic E-state index is 0.202. The molecule has 6 heteroatoms. The molecule has 26 heavy (non-hydrogen) atoms. The van der Waals surface area contributed by atoms with Gasteiger partial charge in [0, 0.05) is 21.5 Å². The average molecular weight is 390 g/mol. The molecule has 1 aliphatic rings. The Labute approximate surface area is 162 Å². The molecule has 4 nitrogen and oxygen atoms in total. The molecule has 136 valence electrons. The minimum atomic E-state index is -0.933. The van der Waals surface area contributed by atoms with Crippen LogP contribution in [0.5, 0.6) is 0 Å². The fourth-order valence-corrected chi connectivity index (χ4v) is 3.36. The van der Waals surface area contributed by atoms with E-state index in [2.05, 4.69) is 5.32 Å². The smallest absolute Gasteiger partial charge is 0.320 e. The maximum Gasteiger partial charge on any atom is 0.320 e. The summed E-state index contributed by atoms with van der Waals surface area (Å²) < 4.78 is 5.59. The van der Waals surface area contributed by atoms with E-state index in [1.54, 1.807) is 31.2 Å². The summed E-state index contributed by atoms with van der Waals surface area (Å²) in [5, 5.41) is 3.11. The van der Waals surface area contributed by atoms with E-state index in [0.29, 0.717) is 10.6 Å². The van der Waals surface area contributed by atoms with Crippen LogP contribution in [0.3, 0.4) is 0 Å². The average Bonchev–Trinajstić information content (AvgIpc) is 3.46. The van der Waals surface area contributed by atoms with Crippen molar-refractivity contribution in [2.45, 2.75) is 42.1 Å². The van der Waals surface area contributed by atoms with Gasteiger partial charge < -0.3 is 10.1 Å². The molecule has 3 rings (SSSR count). The van der Waals surface area contributed by atoms with Gasteiger partial charge in [-0.25, -0.2) is 0 Å². The highest BCUT2D eigenvalue weighted by Crippen LogP contribution is 2.28. The van der Waals surface area contributed by atoms with Crippen LogP contribution in [0, 0.1) is 0 Å². The molecule has 0 saturated heterocycles. The van der Waals surface area contributed by atoms with Crippen LogP contribution in [0.4, 0.5) is 0 Å². The Morgan fingerprint density at radius 3 is 2.38 bits per heavy atom. The van der Waals surface area contributed by atoms with Gasteiger partial charge in [0.15, 0.2) is 0 Å². The molecule has 1 saturated carbocycles. The van der Waals surface area contributed by atoms with Crippen LogP contribution >= 0.6 is 23.4 Å². The number of amides is 1. The van der Waals surface area contributed by atoms with Gasteiger partial charge in [0.1, 0.15) is 5.25 Å². The summed E-state index contributed by atoms with van der Waals surface area (Å²) in [5.74, 6) is -0.694. The van der Waals surface area contributed by atoms with Crippen LogP contribution in [0.15, 0.2) is 59.5 Å². The highest BCUT2D eigenvalue weighted by molar-refractivity contribution is 8.00. The number of thioether (sulfide) groups is 1. The van der Waals surface area contributed by atoms with Gasteiger partial charge >= 0.3 is 5.97 Å². The molecule has 0 radical (unpaired) electrons. The Bertz CT molecular complexity index is 762. The molecule has 1 N–H and O–H groups in total. The van der Waals surface area contributed by atoms with Crippen molar-refractivity contribution < 1.29 is 14.3 Å². The number of hydrogen-bond acceptors (Lipinski definition) is 4. The standard InChI is InChI=1S/C20H20ClNO3S/c1-13(26-17-11-7-15(21)8-12-17)20(24)25-18(14-5-3-2-4-6-14)19(23)22-16-9-10-16/h2-8,11-13,16,18H,9-10H2,1H3,(H,22,23)/t13-,18-/m1/s1. The van der Waals surface area contributed by atoms with E-state index in [4.69, 9.17) is 16.3 Å². The van der Waals surface area contributed by atoms with E-state index in [1.165, 1.54) is 11.8 Å². The molecule has 0 unspecified atom stereocenters. The fraction of sp³-hybridized carbons (Fsp3) is 0.300. The van der Waals surface area contributed by atoms with Gasteiger partial charge in [0.25, 0.3) is 5.91 Å². The summed E-state index contributed by atoms with van der Waals surface area (Å²) in [4.78, 5) is 26.0. The normalized spacial score (nSPS) is 15.8. The molecular formula is C20H20ClNO3S. The van der Waals surface area contributed by atoms with Crippen molar-refractivity contribution in [3.05, 3.63) is 65.2 Å². The van der Waals surface area contributed by atoms with Gasteiger partial charge in [-0.05, 0) is 44.0 Å². The van der Waals surface area contributed by atoms with Gasteiger partial charge in [0.2, 0.25) is 6.10 Å². The number of carbonyl (C=O) groups excluding carboxylic acids is 2. The lowest BCUT2D eigenvalue weighted by Crippen LogP contribution is -2.34. The summed E-state index contributed by atoms with van der Waals surface area (Å²) in [6.07, 6.45) is 1.02. The summed E-state index contributed by atoms with van der Waals surface area (Å²) >= 11 is 7.25. The Balaban J connectivity index is 1.67. The third-order valence-electron chi connectivity index (χ3n) is 3.96. The van der Waals surface area contributed by atoms with E-state index in [9.17, 15) is 9.59 Å². The number of benzene rings is 2. The first-order valence-corrected chi connectivity index (χ1v) is 9.77. The first-order chi connectivity index (χ1) is 12.5. The van der Waals surface area contributed by atoms with Crippen molar-refractivity contribution in [1.29, 1.82) is 0 Å². The monoisotopic (exact) mass is 389 g/mol. The molecule has 2 aromatic rings. The molecule has 0 spiro atoms. The van der Waals surface area contributed by atoms with Crippen molar-refractivity contribution in [3.8, 4) is 0 Å². The number of nitrogens with one attached hydrogen (secondary N) is 1. The van der Waals surface area contributed by atoms with Gasteiger partial charge in [0.05, 0.1) is 0 Å². The molecule has 1 fully saturated rings. The lowest BCUT2D eigenvalue weighted by molar-refractivity contribution is -0.155. The van der Waals surface area contributed by atoms with Crippen molar-refractivity contribution in [1.82, 2.24) is 5.32 Å². The van der Waals surface area contributed by atoms with E-state index in [-0.39, 0.29) is 11.9 Å². The zero-order chi connectivity index (χ0) is 18.5. The molecule has 0 bridgehead atoms. The Hall–Kier alpha value is -1.98. The number of halogens is 1. The summed E-state index contributed by atoms with van der Waals surface area (Å²) in [5.41, 5.74) is 0.669. The maximum atomic E-state index is 12.6. The predicted molar refractivity (Wildman–Crippen MR) is 103 cm³/mol. The number of esters is 1. The second-order valence-electron chi connectivity index (χ2n) is 6.22. The maximum absolute atomic E-state index is 12.6. The molecule has 2 aromatic carbocycles. The largest absolute Gasteiger partial charge is 0.446 e. The highest BCUT2D eigenvalue weighted by atomic mass is 35.5. The SMILES string of the molecule is C[C@@H](Sc1ccc(Cl)cc1)C(=O)O[C@@H](C(=O)NC1CC1)c1ccccc1. The van der Waals surface area contributed by atoms with E-state index in [1.807, 2.05) is 30.3 Å². The van der Waals surface area contributed by atoms with Gasteiger partial charge in [-0.15, -0.1) is 11.8 Å². The van der Waals surface area contributed by atoms with Crippen LogP contribution < -0.4 is 5.32 Å². The first-order valence-electron chi connectivity index (χ1n) is 8.51. The predicted octanol–water partition coefficient (Wildman–Crippen LogP) is 4.38. The third-order valence-corrected chi connectivity index (χ3v) is 5.30. The summed E-state index contributed by atoms with van der Waals surface area (Å²) in [6, 6.07) is 16.6. The Morgan fingerprint density at radius 1 is 1.12 bits per heavy atom. The van der Waals surface area contributed by atoms with Gasteiger partial charge in [-0.1, -0.05) is 41.9 Å². The van der Waals surface area contributed by atoms with Gasteiger partial charge in [-0.3, -0.25) is 9.59 Å². The number of ether oxygens (including phenoxy) is 1. The molecule has 2 atom stereocenters. The van der Waals surface area contributed by atoms with Crippen LogP contribution in [-0.2, 0) is 14.3 Å². The van der Waals surface area contributed by atoms with E-state index < -0.39 is 17.3 Å². The molecule has 1 amide bonds. The van der Waals surface area contributed by atoms with E-state index in [0.717, 1.165) is 17.7 Å². The lowest BCUT2D eigenvalue weighted by Gasteiger charge is -2.20. The van der Waals surface area contributed by atoms with Crippen LogP contribution in [0.1, 0.15) is 31.4 Å². The summed E-state index contributed by atoms with van der Waals surface area (Å²) in [6.45, 7) is 1.77. The van der Waals surface area contributed by atoms with E-state index >= 15 is 0 Å². The Morgan fingerprint density at radius 2 is 1.77 bits per heavy atom. The van der Waals surface area contributed by atoms with Gasteiger partial charge in [-0.2, -0.15) is 0 Å². The van der Waals surface area contributed by atoms with Crippen molar-refractivity contribution in [2.24, 2.45) is 0 Å². The molecule has 0 aliphatic heterocycles. The molecule has 1 aliphatic carbocycles. The summed E-state index contributed by atoms with van der Waals surface area (Å²) in [7, 11) is 0. The zero-order valence-electron chi connectivity index (χ0n) is 14.4. The van der Waals surface area contributed by atoms with Crippen molar-refractivity contribution in [3.63, 3.8) is 0 Å². The second-order valence-corrected chi connectivity index (χ2v) is 8.08. The van der Waals surface area contributed by atoms with Crippen molar-refractivity contribution >= 4 is 35.2 Å². The molecule has 0 aromatic heterocycles. The first kappa shape index (κ1) is 18.8. The Kier molecular flexibility index (Phi) is 6.22. The molecule has 0 heterocycles. The lowest BCUT2D eigenvalue weighted by atomic mass is 10.1. The highest BCUT2D eigenvalue weighted by Gasteiger charge is 2.32. The number of rotatable bonds is 7. The molecular weight excluding hydrogens is 370 g/mol. The van der Waals surface area contributed by atoms with Crippen LogP contribution in [0.2, 0.25) is 5.02 Å². The topological polar surface area (TPSA) is 55.4 Å². The minimum Gasteiger partial charge on any atom is -0.446 e. The quantitative estimate of drug-likeness (QED) is 0.563. The van der Waals surface area contributed by atoms with Crippen molar-refractivity contribution in [2.75, 3.05) is 0 Å². The van der Waals surface area contributed by atoms with Crippen LogP contribution in [0.25, 0.3) is 0 Å². The second kappa shape index (κ2) is 8.60. The zero-order valence-corrected chi connectivity index (χ0v) is 15.9. The van der Waals surface area contributed by atoms with Crippen LogP contribution in [-0.4, -0.2) is 23.2 Å². The third kappa shape index (κ3) is 5.26. The number of carbonyl (C=O) groups is 2. The number of hydrogen-bond donors (Lipinski definition) is 1. The fourth-order valence-electron chi connectivity index (χ4n) is 2.38.